The lowest BCUT2D eigenvalue weighted by atomic mass is 10.3. The number of thioether (sulfide) groups is 1. The number of rotatable bonds is 6. The van der Waals surface area contributed by atoms with Crippen LogP contribution in [0.2, 0.25) is 0 Å². The van der Waals surface area contributed by atoms with Gasteiger partial charge in [-0.05, 0) is 29.2 Å². The van der Waals surface area contributed by atoms with Gasteiger partial charge in [0.05, 0.1) is 11.7 Å². The smallest absolute Gasteiger partial charge is 0.573 e. The van der Waals surface area contributed by atoms with E-state index in [1.807, 2.05) is 11.8 Å². The number of alkyl halides is 3. The molecule has 0 atom stereocenters. The Balaban J connectivity index is 0.00000242. The van der Waals surface area contributed by atoms with Crippen LogP contribution in [0.25, 0.3) is 10.2 Å². The molecule has 0 aliphatic heterocycles. The fourth-order valence-electron chi connectivity index (χ4n) is 1.97. The molecule has 1 aromatic carbocycles. The monoisotopic (exact) mass is 372 g/mol. The number of ether oxygens (including phenoxy) is 1. The maximum Gasteiger partial charge on any atom is 0.573 e. The molecular weight excluding hydrogens is 357 g/mol. The van der Waals surface area contributed by atoms with Crippen molar-refractivity contribution in [2.24, 2.45) is 0 Å². The van der Waals surface area contributed by atoms with Gasteiger partial charge in [-0.25, -0.2) is 4.57 Å². The Morgan fingerprint density at radius 2 is 2.09 bits per heavy atom. The van der Waals surface area contributed by atoms with Crippen molar-refractivity contribution in [1.29, 1.82) is 0 Å². The van der Waals surface area contributed by atoms with Crippen LogP contribution in [-0.2, 0) is 6.54 Å². The number of benzene rings is 1. The van der Waals surface area contributed by atoms with Crippen LogP contribution in [0.1, 0.15) is 6.92 Å². The molecule has 2 aromatic rings. The van der Waals surface area contributed by atoms with E-state index in [0.29, 0.717) is 0 Å². The van der Waals surface area contributed by atoms with Crippen LogP contribution >= 0.6 is 23.1 Å². The topological polar surface area (TPSA) is 25.1 Å². The molecular formula is C13H16ClF3N2OS2. The van der Waals surface area contributed by atoms with Gasteiger partial charge in [0.1, 0.15) is 17.8 Å². The van der Waals surface area contributed by atoms with Crippen LogP contribution in [0.4, 0.5) is 18.3 Å². The molecule has 0 fully saturated rings. The Morgan fingerprint density at radius 3 is 2.68 bits per heavy atom. The molecule has 0 spiro atoms. The molecule has 2 rings (SSSR count). The third kappa shape index (κ3) is 4.82. The number of aromatic nitrogens is 1. The van der Waals surface area contributed by atoms with Crippen molar-refractivity contribution in [2.75, 3.05) is 23.9 Å². The third-order valence-electron chi connectivity index (χ3n) is 2.78. The SMILES string of the molecule is CCSCC[n+]1c(NC)sc2cc(OC(F)(F)F)ccc21.[Cl-]. The van der Waals surface area contributed by atoms with E-state index in [-0.39, 0.29) is 18.2 Å². The summed E-state index contributed by atoms with van der Waals surface area (Å²) in [5.74, 6) is 1.82. The van der Waals surface area contributed by atoms with Crippen molar-refractivity contribution in [3.63, 3.8) is 0 Å². The molecule has 1 aromatic heterocycles. The molecule has 0 saturated carbocycles. The van der Waals surface area contributed by atoms with Crippen LogP contribution in [0.5, 0.6) is 5.75 Å². The van der Waals surface area contributed by atoms with Crippen LogP contribution in [-0.4, -0.2) is 24.9 Å². The summed E-state index contributed by atoms with van der Waals surface area (Å²) in [7, 11) is 1.81. The first-order valence-corrected chi connectivity index (χ1v) is 8.39. The summed E-state index contributed by atoms with van der Waals surface area (Å²) in [5.41, 5.74) is 0.913. The zero-order chi connectivity index (χ0) is 15.5. The van der Waals surface area contributed by atoms with Crippen LogP contribution in [0, 0.1) is 0 Å². The van der Waals surface area contributed by atoms with E-state index in [1.165, 1.54) is 23.5 Å². The maximum absolute atomic E-state index is 12.3. The lowest BCUT2D eigenvalue weighted by Crippen LogP contribution is -3.00. The van der Waals surface area contributed by atoms with Gasteiger partial charge in [0.15, 0.2) is 0 Å². The summed E-state index contributed by atoms with van der Waals surface area (Å²) in [6.07, 6.45) is -4.66. The standard InChI is InChI=1S/C13H15F3N2OS2.ClH/c1-3-20-7-6-18-10-5-4-9(19-13(14,15)16)8-11(10)21-12(18)17-2;/h4-5,8H,3,6-7H2,1-2H3;1H. The highest BCUT2D eigenvalue weighted by Gasteiger charge is 2.31. The molecule has 0 bridgehead atoms. The summed E-state index contributed by atoms with van der Waals surface area (Å²) in [6, 6.07) is 4.45. The van der Waals surface area contributed by atoms with Gasteiger partial charge in [0.2, 0.25) is 0 Å². The van der Waals surface area contributed by atoms with Crippen molar-refractivity contribution < 1.29 is 34.9 Å². The van der Waals surface area contributed by atoms with Gasteiger partial charge in [-0.15, -0.1) is 13.2 Å². The summed E-state index contributed by atoms with van der Waals surface area (Å²) in [4.78, 5) is 0. The molecule has 22 heavy (non-hydrogen) atoms. The van der Waals surface area contributed by atoms with Crippen molar-refractivity contribution in [3.05, 3.63) is 18.2 Å². The molecule has 1 heterocycles. The molecule has 1 N–H and O–H groups in total. The fourth-order valence-corrected chi connectivity index (χ4v) is 3.64. The van der Waals surface area contributed by atoms with Crippen LogP contribution < -0.4 is 27.0 Å². The number of halogens is 4. The molecule has 0 unspecified atom stereocenters. The van der Waals surface area contributed by atoms with Crippen molar-refractivity contribution in [3.8, 4) is 5.75 Å². The Morgan fingerprint density at radius 1 is 1.36 bits per heavy atom. The highest BCUT2D eigenvalue weighted by Crippen LogP contribution is 2.30. The fraction of sp³-hybridized carbons (Fsp3) is 0.462. The normalized spacial score (nSPS) is 11.3. The minimum atomic E-state index is -4.66. The summed E-state index contributed by atoms with van der Waals surface area (Å²) in [5, 5.41) is 4.01. The van der Waals surface area contributed by atoms with Gasteiger partial charge in [-0.3, -0.25) is 5.32 Å². The Kier molecular flexibility index (Phi) is 7.08. The van der Waals surface area contributed by atoms with E-state index in [1.54, 1.807) is 13.1 Å². The molecule has 0 saturated heterocycles. The molecule has 0 radical (unpaired) electrons. The second kappa shape index (κ2) is 8.12. The van der Waals surface area contributed by atoms with E-state index >= 15 is 0 Å². The van der Waals surface area contributed by atoms with Gasteiger partial charge < -0.3 is 17.1 Å². The van der Waals surface area contributed by atoms with Crippen molar-refractivity contribution in [1.82, 2.24) is 0 Å². The number of hydrogen-bond donors (Lipinski definition) is 1. The average Bonchev–Trinajstić information content (AvgIpc) is 2.74. The minimum Gasteiger partial charge on any atom is -1.00 e. The molecule has 0 amide bonds. The highest BCUT2D eigenvalue weighted by molar-refractivity contribution is 7.99. The number of nitrogens with one attached hydrogen (secondary N) is 1. The molecule has 3 nitrogen and oxygen atoms in total. The number of fused-ring (bicyclic) bond motifs is 1. The zero-order valence-corrected chi connectivity index (χ0v) is 14.4. The van der Waals surface area contributed by atoms with Crippen molar-refractivity contribution in [2.45, 2.75) is 19.8 Å². The predicted molar refractivity (Wildman–Crippen MR) is 81.2 cm³/mol. The van der Waals surface area contributed by atoms with Crippen molar-refractivity contribution >= 4 is 38.4 Å². The maximum atomic E-state index is 12.3. The minimum absolute atomic E-state index is 0. The van der Waals surface area contributed by atoms with E-state index < -0.39 is 6.36 Å². The zero-order valence-electron chi connectivity index (χ0n) is 12.0. The van der Waals surface area contributed by atoms with Crippen LogP contribution in [0.3, 0.4) is 0 Å². The number of hydrogen-bond acceptors (Lipinski definition) is 4. The van der Waals surface area contributed by atoms with E-state index in [9.17, 15) is 13.2 Å². The summed E-state index contributed by atoms with van der Waals surface area (Å²) in [6.45, 7) is 2.91. The largest absolute Gasteiger partial charge is 1.00 e. The second-order valence-electron chi connectivity index (χ2n) is 4.18. The number of thiazole rings is 1. The highest BCUT2D eigenvalue weighted by atomic mass is 35.5. The van der Waals surface area contributed by atoms with Crippen LogP contribution in [0.15, 0.2) is 18.2 Å². The van der Waals surface area contributed by atoms with Gasteiger partial charge in [-0.1, -0.05) is 6.92 Å². The van der Waals surface area contributed by atoms with E-state index in [0.717, 1.165) is 33.4 Å². The van der Waals surface area contributed by atoms with E-state index in [4.69, 9.17) is 0 Å². The molecule has 9 heteroatoms. The predicted octanol–water partition coefficient (Wildman–Crippen LogP) is 0.886. The first-order valence-electron chi connectivity index (χ1n) is 6.42. The molecule has 124 valence electrons. The second-order valence-corrected chi connectivity index (χ2v) is 6.61. The lowest BCUT2D eigenvalue weighted by Gasteiger charge is -2.08. The van der Waals surface area contributed by atoms with E-state index in [2.05, 4.69) is 21.5 Å². The average molecular weight is 373 g/mol. The quantitative estimate of drug-likeness (QED) is 0.602. The number of anilines is 1. The molecule has 0 aliphatic carbocycles. The Hall–Kier alpha value is -0.860. The first-order chi connectivity index (χ1) is 9.94. The molecule has 0 aliphatic rings. The number of aryl methyl sites for hydroxylation is 1. The summed E-state index contributed by atoms with van der Waals surface area (Å²) < 4.78 is 43.6. The first kappa shape index (κ1) is 19.2. The van der Waals surface area contributed by atoms with Gasteiger partial charge in [-0.2, -0.15) is 11.8 Å². The van der Waals surface area contributed by atoms with Gasteiger partial charge >= 0.3 is 11.5 Å². The van der Waals surface area contributed by atoms with Gasteiger partial charge in [0, 0.05) is 11.8 Å². The lowest BCUT2D eigenvalue weighted by molar-refractivity contribution is -0.648. The summed E-state index contributed by atoms with van der Waals surface area (Å²) >= 11 is 3.25. The van der Waals surface area contributed by atoms with Gasteiger partial charge in [0.25, 0.3) is 0 Å². The Labute approximate surface area is 141 Å². The third-order valence-corrected chi connectivity index (χ3v) is 4.83. The Bertz CT molecular complexity index is 619. The number of nitrogens with zero attached hydrogens (tertiary/aromatic N) is 1.